The Morgan fingerprint density at radius 1 is 1.47 bits per heavy atom. The van der Waals surface area contributed by atoms with Gasteiger partial charge in [-0.15, -0.1) is 21.5 Å². The van der Waals surface area contributed by atoms with Crippen LogP contribution in [0.1, 0.15) is 36.3 Å². The van der Waals surface area contributed by atoms with Gasteiger partial charge in [0.2, 0.25) is 0 Å². The molecule has 1 aromatic heterocycles. The third-order valence-electron chi connectivity index (χ3n) is 2.03. The summed E-state index contributed by atoms with van der Waals surface area (Å²) in [6.07, 6.45) is 1.22. The van der Waals surface area contributed by atoms with Gasteiger partial charge in [0.15, 0.2) is 0 Å². The molecular formula is C10H19N3S2. The Morgan fingerprint density at radius 2 is 2.27 bits per heavy atom. The summed E-state index contributed by atoms with van der Waals surface area (Å²) < 4.78 is 0. The van der Waals surface area contributed by atoms with Crippen LogP contribution < -0.4 is 5.32 Å². The maximum Gasteiger partial charge on any atom is 0.134 e. The van der Waals surface area contributed by atoms with E-state index in [1.165, 1.54) is 17.9 Å². The summed E-state index contributed by atoms with van der Waals surface area (Å²) in [6, 6.07) is 0.336. The summed E-state index contributed by atoms with van der Waals surface area (Å²) in [4.78, 5) is 0. The molecule has 0 fully saturated rings. The number of aryl methyl sites for hydroxylation is 1. The Morgan fingerprint density at radius 3 is 2.87 bits per heavy atom. The minimum Gasteiger partial charge on any atom is -0.308 e. The highest BCUT2D eigenvalue weighted by Crippen LogP contribution is 2.16. The lowest BCUT2D eigenvalue weighted by Crippen LogP contribution is -2.20. The molecule has 1 atom stereocenters. The molecule has 0 aliphatic heterocycles. The maximum atomic E-state index is 4.13. The number of thioether (sulfide) groups is 1. The number of nitrogens with zero attached hydrogens (tertiary/aromatic N) is 2. The van der Waals surface area contributed by atoms with Crippen molar-refractivity contribution in [3.8, 4) is 0 Å². The summed E-state index contributed by atoms with van der Waals surface area (Å²) in [5, 5.41) is 13.8. The van der Waals surface area contributed by atoms with Crippen LogP contribution in [0.3, 0.4) is 0 Å². The van der Waals surface area contributed by atoms with E-state index >= 15 is 0 Å². The van der Waals surface area contributed by atoms with Crippen LogP contribution in [0.5, 0.6) is 0 Å². The Hall–Kier alpha value is -0.130. The molecule has 0 bridgehead atoms. The van der Waals surface area contributed by atoms with E-state index in [2.05, 4.69) is 29.4 Å². The van der Waals surface area contributed by atoms with E-state index in [1.54, 1.807) is 11.3 Å². The molecule has 0 radical (unpaired) electrons. The first kappa shape index (κ1) is 12.9. The van der Waals surface area contributed by atoms with Crippen LogP contribution in [0.4, 0.5) is 0 Å². The first-order chi connectivity index (χ1) is 7.24. The van der Waals surface area contributed by atoms with Gasteiger partial charge in [0.05, 0.1) is 6.04 Å². The first-order valence-electron chi connectivity index (χ1n) is 5.35. The second kappa shape index (κ2) is 7.19. The van der Waals surface area contributed by atoms with Crippen molar-refractivity contribution < 1.29 is 0 Å². The lowest BCUT2D eigenvalue weighted by molar-refractivity contribution is 0.565. The van der Waals surface area contributed by atoms with Gasteiger partial charge in [-0.1, -0.05) is 6.92 Å². The molecule has 0 amide bonds. The van der Waals surface area contributed by atoms with E-state index in [9.17, 15) is 0 Å². The Bertz CT molecular complexity index is 275. The van der Waals surface area contributed by atoms with Crippen molar-refractivity contribution in [2.24, 2.45) is 0 Å². The van der Waals surface area contributed by atoms with E-state index in [4.69, 9.17) is 0 Å². The third-order valence-corrected chi connectivity index (χ3v) is 4.04. The molecule has 0 spiro atoms. The Balaban J connectivity index is 2.16. The molecule has 1 unspecified atom stereocenters. The van der Waals surface area contributed by atoms with Crippen LogP contribution in [0.2, 0.25) is 0 Å². The van der Waals surface area contributed by atoms with Crippen molar-refractivity contribution in [3.05, 3.63) is 10.0 Å². The minimum atomic E-state index is 0.336. The van der Waals surface area contributed by atoms with Crippen LogP contribution in [0.25, 0.3) is 0 Å². The van der Waals surface area contributed by atoms with Gasteiger partial charge in [0.25, 0.3) is 0 Å². The number of hydrogen-bond acceptors (Lipinski definition) is 5. The smallest absolute Gasteiger partial charge is 0.134 e. The van der Waals surface area contributed by atoms with Gasteiger partial charge in [0.1, 0.15) is 10.0 Å². The van der Waals surface area contributed by atoms with E-state index in [0.29, 0.717) is 6.04 Å². The lowest BCUT2D eigenvalue weighted by atomic mass is 10.3. The molecule has 1 rings (SSSR count). The summed E-state index contributed by atoms with van der Waals surface area (Å²) in [5.74, 6) is 2.45. The molecule has 1 N–H and O–H groups in total. The quantitative estimate of drug-likeness (QED) is 0.749. The van der Waals surface area contributed by atoms with Gasteiger partial charge in [0, 0.05) is 0 Å². The molecule has 1 aromatic rings. The van der Waals surface area contributed by atoms with Crippen molar-refractivity contribution in [3.63, 3.8) is 0 Å². The number of aromatic nitrogens is 2. The van der Waals surface area contributed by atoms with Crippen molar-refractivity contribution in [1.82, 2.24) is 15.5 Å². The first-order valence-corrected chi connectivity index (χ1v) is 7.32. The number of hydrogen-bond donors (Lipinski definition) is 1. The molecule has 1 heterocycles. The van der Waals surface area contributed by atoms with E-state index in [1.807, 2.05) is 18.7 Å². The average molecular weight is 245 g/mol. The number of nitrogens with one attached hydrogen (secondary N) is 1. The molecular weight excluding hydrogens is 226 g/mol. The van der Waals surface area contributed by atoms with E-state index < -0.39 is 0 Å². The zero-order valence-electron chi connectivity index (χ0n) is 9.62. The Kier molecular flexibility index (Phi) is 6.20. The average Bonchev–Trinajstić information content (AvgIpc) is 2.64. The van der Waals surface area contributed by atoms with Crippen LogP contribution in [0.15, 0.2) is 0 Å². The summed E-state index contributed by atoms with van der Waals surface area (Å²) in [7, 11) is 0. The van der Waals surface area contributed by atoms with Gasteiger partial charge >= 0.3 is 0 Å². The second-order valence-corrected chi connectivity index (χ2v) is 5.99. The van der Waals surface area contributed by atoms with Gasteiger partial charge in [-0.25, -0.2) is 0 Å². The summed E-state index contributed by atoms with van der Waals surface area (Å²) in [6.45, 7) is 7.40. The highest BCUT2D eigenvalue weighted by molar-refractivity contribution is 7.99. The normalized spacial score (nSPS) is 13.0. The van der Waals surface area contributed by atoms with E-state index in [-0.39, 0.29) is 0 Å². The Labute approximate surface area is 100 Å². The van der Waals surface area contributed by atoms with Crippen LogP contribution in [-0.4, -0.2) is 28.2 Å². The fraction of sp³-hybridized carbons (Fsp3) is 0.800. The van der Waals surface area contributed by atoms with Gasteiger partial charge < -0.3 is 5.32 Å². The SMILES string of the molecule is CCSCCCNC(C)c1nnc(C)s1. The fourth-order valence-corrected chi connectivity index (χ4v) is 2.57. The predicted octanol–water partition coefficient (Wildman–Crippen LogP) is 2.64. The second-order valence-electron chi connectivity index (χ2n) is 3.39. The van der Waals surface area contributed by atoms with Gasteiger partial charge in [-0.05, 0) is 38.3 Å². The van der Waals surface area contributed by atoms with E-state index in [0.717, 1.165) is 16.6 Å². The molecule has 3 nitrogen and oxygen atoms in total. The monoisotopic (exact) mass is 245 g/mol. The topological polar surface area (TPSA) is 37.8 Å². The van der Waals surface area contributed by atoms with Crippen molar-refractivity contribution >= 4 is 23.1 Å². The highest BCUT2D eigenvalue weighted by atomic mass is 32.2. The molecule has 0 saturated carbocycles. The summed E-state index contributed by atoms with van der Waals surface area (Å²) in [5.41, 5.74) is 0. The zero-order valence-corrected chi connectivity index (χ0v) is 11.2. The molecule has 0 saturated heterocycles. The van der Waals surface area contributed by atoms with Crippen LogP contribution in [0, 0.1) is 6.92 Å². The summed E-state index contributed by atoms with van der Waals surface area (Å²) >= 11 is 3.67. The molecule has 0 aliphatic rings. The number of rotatable bonds is 7. The van der Waals surface area contributed by atoms with Crippen LogP contribution >= 0.6 is 23.1 Å². The molecule has 0 aromatic carbocycles. The van der Waals surface area contributed by atoms with Gasteiger partial charge in [-0.3, -0.25) is 0 Å². The van der Waals surface area contributed by atoms with Crippen LogP contribution in [-0.2, 0) is 0 Å². The minimum absolute atomic E-state index is 0.336. The van der Waals surface area contributed by atoms with Crippen molar-refractivity contribution in [1.29, 1.82) is 0 Å². The highest BCUT2D eigenvalue weighted by Gasteiger charge is 2.08. The molecule has 5 heteroatoms. The predicted molar refractivity (Wildman–Crippen MR) is 68.7 cm³/mol. The van der Waals surface area contributed by atoms with Crippen molar-refractivity contribution in [2.75, 3.05) is 18.1 Å². The van der Waals surface area contributed by atoms with Crippen molar-refractivity contribution in [2.45, 2.75) is 33.2 Å². The third kappa shape index (κ3) is 4.95. The largest absolute Gasteiger partial charge is 0.308 e. The van der Waals surface area contributed by atoms with Gasteiger partial charge in [-0.2, -0.15) is 11.8 Å². The maximum absolute atomic E-state index is 4.13. The molecule has 15 heavy (non-hydrogen) atoms. The molecule has 0 aliphatic carbocycles. The lowest BCUT2D eigenvalue weighted by Gasteiger charge is -2.09. The standard InChI is InChI=1S/C10H19N3S2/c1-4-14-7-5-6-11-8(2)10-13-12-9(3)15-10/h8,11H,4-7H2,1-3H3. The molecule has 86 valence electrons. The fourth-order valence-electron chi connectivity index (χ4n) is 1.21. The zero-order chi connectivity index (χ0) is 11.1.